The summed E-state index contributed by atoms with van der Waals surface area (Å²) in [4.78, 5) is 46.6. The monoisotopic (exact) mass is 586 g/mol. The van der Waals surface area contributed by atoms with Crippen molar-refractivity contribution < 1.29 is 29.0 Å². The summed E-state index contributed by atoms with van der Waals surface area (Å²) in [6.45, 7) is 13.4. The van der Waals surface area contributed by atoms with E-state index in [-0.39, 0.29) is 25.0 Å². The SMILES string of the molecule is C=CCCOC(=O)[C@H]1[C@H]2C(=O)N([C@H](CO)c3ccccc3)C(C(=O)N(CC=C)c3cc(C)ccc3C)C23CC[C@]1(CC)O3. The molecule has 228 valence electrons. The van der Waals surface area contributed by atoms with Gasteiger partial charge in [-0.2, -0.15) is 0 Å². The van der Waals surface area contributed by atoms with Crippen LogP contribution in [0.2, 0.25) is 0 Å². The van der Waals surface area contributed by atoms with Crippen LogP contribution in [0.3, 0.4) is 0 Å². The van der Waals surface area contributed by atoms with Gasteiger partial charge < -0.3 is 24.4 Å². The van der Waals surface area contributed by atoms with Crippen molar-refractivity contribution >= 4 is 23.5 Å². The van der Waals surface area contributed by atoms with Gasteiger partial charge in [-0.3, -0.25) is 14.4 Å². The van der Waals surface area contributed by atoms with E-state index < -0.39 is 47.7 Å². The molecule has 0 saturated carbocycles. The molecule has 3 heterocycles. The summed E-state index contributed by atoms with van der Waals surface area (Å²) in [5.74, 6) is -2.98. The van der Waals surface area contributed by atoms with Crippen molar-refractivity contribution in [3.63, 3.8) is 0 Å². The number of aliphatic hydroxyl groups is 1. The van der Waals surface area contributed by atoms with Crippen LogP contribution in [0.5, 0.6) is 0 Å². The number of rotatable bonds is 12. The lowest BCUT2D eigenvalue weighted by atomic mass is 9.65. The minimum absolute atomic E-state index is 0.154. The van der Waals surface area contributed by atoms with Gasteiger partial charge in [0.05, 0.1) is 30.8 Å². The molecule has 3 fully saturated rings. The number of fused-ring (bicyclic) bond motifs is 1. The maximum absolute atomic E-state index is 15.0. The van der Waals surface area contributed by atoms with Crippen LogP contribution in [0.25, 0.3) is 0 Å². The summed E-state index contributed by atoms with van der Waals surface area (Å²) in [5.41, 5.74) is 1.12. The maximum atomic E-state index is 15.0. The third-order valence-electron chi connectivity index (χ3n) is 9.60. The predicted octanol–water partition coefficient (Wildman–Crippen LogP) is 4.83. The predicted molar refractivity (Wildman–Crippen MR) is 164 cm³/mol. The van der Waals surface area contributed by atoms with Crippen molar-refractivity contribution in [3.8, 4) is 0 Å². The first kappa shape index (κ1) is 30.7. The molecule has 3 saturated heterocycles. The van der Waals surface area contributed by atoms with Crippen molar-refractivity contribution in [2.45, 2.75) is 69.7 Å². The summed E-state index contributed by atoms with van der Waals surface area (Å²) >= 11 is 0. The fourth-order valence-corrected chi connectivity index (χ4v) is 7.59. The highest BCUT2D eigenvalue weighted by Gasteiger charge is 2.79. The smallest absolute Gasteiger partial charge is 0.312 e. The Kier molecular flexibility index (Phi) is 8.63. The van der Waals surface area contributed by atoms with E-state index in [0.717, 1.165) is 16.8 Å². The van der Waals surface area contributed by atoms with Crippen LogP contribution in [-0.4, -0.2) is 64.8 Å². The van der Waals surface area contributed by atoms with Gasteiger partial charge in [-0.1, -0.05) is 61.5 Å². The summed E-state index contributed by atoms with van der Waals surface area (Å²) in [6.07, 6.45) is 5.27. The Balaban J connectivity index is 1.67. The van der Waals surface area contributed by atoms with Gasteiger partial charge in [0.25, 0.3) is 5.91 Å². The summed E-state index contributed by atoms with van der Waals surface area (Å²) in [6, 6.07) is 13.2. The van der Waals surface area contributed by atoms with Gasteiger partial charge in [0.1, 0.15) is 17.6 Å². The van der Waals surface area contributed by atoms with Crippen LogP contribution in [0.4, 0.5) is 5.69 Å². The zero-order valence-corrected chi connectivity index (χ0v) is 25.3. The number of anilines is 1. The highest BCUT2D eigenvalue weighted by atomic mass is 16.6. The molecular formula is C35H42N2O6. The molecule has 0 aromatic heterocycles. The number of amides is 2. The second kappa shape index (κ2) is 12.1. The number of benzene rings is 2. The minimum atomic E-state index is -1.26. The van der Waals surface area contributed by atoms with Gasteiger partial charge in [-0.15, -0.1) is 13.2 Å². The standard InChI is InChI=1S/C35H42N2O6/c1-6-9-20-42-33(41)29-28-31(39)37(27(22-38)25-13-11-10-12-14-25)30(35(28)18-17-34(29,8-3)43-35)32(40)36(19-7-2)26-21-23(4)15-16-24(26)5/h6-7,10-16,21,27-30,38H,1-2,8-9,17-20,22H2,3-5H3/t27-,28+,29-,30?,34+,35?/m1/s1. The first-order valence-corrected chi connectivity index (χ1v) is 15.1. The molecule has 2 unspecified atom stereocenters. The van der Waals surface area contributed by atoms with Gasteiger partial charge in [0.2, 0.25) is 5.91 Å². The molecule has 2 amide bonds. The van der Waals surface area contributed by atoms with Crippen LogP contribution in [0, 0.1) is 25.7 Å². The number of aryl methyl sites for hydroxylation is 2. The van der Waals surface area contributed by atoms with E-state index in [4.69, 9.17) is 9.47 Å². The Bertz CT molecular complexity index is 1410. The Morgan fingerprint density at radius 2 is 1.91 bits per heavy atom. The normalized spacial score (nSPS) is 28.0. The van der Waals surface area contributed by atoms with Crippen molar-refractivity contribution in [3.05, 3.63) is 90.5 Å². The number of likely N-dealkylation sites (tertiary alicyclic amines) is 1. The quantitative estimate of drug-likeness (QED) is 0.218. The van der Waals surface area contributed by atoms with Crippen molar-refractivity contribution in [1.29, 1.82) is 0 Å². The van der Waals surface area contributed by atoms with Crippen LogP contribution in [-0.2, 0) is 23.9 Å². The van der Waals surface area contributed by atoms with Gasteiger partial charge in [0, 0.05) is 12.2 Å². The molecule has 43 heavy (non-hydrogen) atoms. The Morgan fingerprint density at radius 3 is 2.56 bits per heavy atom. The average Bonchev–Trinajstić information content (AvgIpc) is 3.62. The van der Waals surface area contributed by atoms with Crippen LogP contribution < -0.4 is 4.90 Å². The topological polar surface area (TPSA) is 96.4 Å². The second-order valence-electron chi connectivity index (χ2n) is 12.0. The lowest BCUT2D eigenvalue weighted by Gasteiger charge is -2.40. The lowest BCUT2D eigenvalue weighted by Crippen LogP contribution is -2.57. The molecule has 2 aromatic rings. The van der Waals surface area contributed by atoms with Gasteiger partial charge in [0.15, 0.2) is 0 Å². The maximum Gasteiger partial charge on any atom is 0.312 e. The van der Waals surface area contributed by atoms with Crippen molar-refractivity contribution in [1.82, 2.24) is 4.90 Å². The first-order valence-electron chi connectivity index (χ1n) is 15.1. The zero-order valence-electron chi connectivity index (χ0n) is 25.3. The van der Waals surface area contributed by atoms with E-state index in [2.05, 4.69) is 13.2 Å². The fraction of sp³-hybridized carbons (Fsp3) is 0.457. The second-order valence-corrected chi connectivity index (χ2v) is 12.0. The number of carbonyl (C=O) groups excluding carboxylic acids is 3. The van der Waals surface area contributed by atoms with Crippen molar-refractivity contribution in [2.75, 3.05) is 24.7 Å². The van der Waals surface area contributed by atoms with E-state index in [1.165, 1.54) is 4.90 Å². The summed E-state index contributed by atoms with van der Waals surface area (Å²) in [7, 11) is 0. The molecule has 2 bridgehead atoms. The van der Waals surface area contributed by atoms with E-state index in [1.807, 2.05) is 69.3 Å². The molecule has 3 aliphatic heterocycles. The van der Waals surface area contributed by atoms with E-state index in [0.29, 0.717) is 31.2 Å². The number of esters is 1. The Morgan fingerprint density at radius 1 is 1.16 bits per heavy atom. The van der Waals surface area contributed by atoms with Gasteiger partial charge in [-0.25, -0.2) is 0 Å². The fourth-order valence-electron chi connectivity index (χ4n) is 7.59. The Labute approximate surface area is 254 Å². The number of carbonyl (C=O) groups is 3. The molecule has 8 nitrogen and oxygen atoms in total. The molecule has 0 aliphatic carbocycles. The highest BCUT2D eigenvalue weighted by Crippen LogP contribution is 2.65. The minimum Gasteiger partial charge on any atom is -0.465 e. The summed E-state index contributed by atoms with van der Waals surface area (Å²) < 4.78 is 12.6. The molecule has 2 aromatic carbocycles. The molecular weight excluding hydrogens is 544 g/mol. The molecule has 1 N–H and O–H groups in total. The van der Waals surface area contributed by atoms with Crippen LogP contribution in [0.15, 0.2) is 73.8 Å². The van der Waals surface area contributed by atoms with Crippen LogP contribution >= 0.6 is 0 Å². The Hall–Kier alpha value is -3.75. The molecule has 1 spiro atoms. The molecule has 0 radical (unpaired) electrons. The third-order valence-corrected chi connectivity index (χ3v) is 9.60. The van der Waals surface area contributed by atoms with Gasteiger partial charge >= 0.3 is 5.97 Å². The number of hydrogen-bond acceptors (Lipinski definition) is 6. The number of aliphatic hydroxyl groups excluding tert-OH is 1. The first-order chi connectivity index (χ1) is 20.7. The number of nitrogens with zero attached hydrogens (tertiary/aromatic N) is 2. The zero-order chi connectivity index (χ0) is 30.9. The lowest BCUT2D eigenvalue weighted by molar-refractivity contribution is -0.162. The van der Waals surface area contributed by atoms with Gasteiger partial charge in [-0.05, 0) is 62.3 Å². The number of ether oxygens (including phenoxy) is 2. The highest BCUT2D eigenvalue weighted by molar-refractivity contribution is 6.05. The van der Waals surface area contributed by atoms with Crippen molar-refractivity contribution in [2.24, 2.45) is 11.8 Å². The molecule has 6 atom stereocenters. The number of hydrogen-bond donors (Lipinski definition) is 1. The largest absolute Gasteiger partial charge is 0.465 e. The molecule has 5 rings (SSSR count). The average molecular weight is 587 g/mol. The van der Waals surface area contributed by atoms with E-state index in [1.54, 1.807) is 17.1 Å². The van der Waals surface area contributed by atoms with E-state index in [9.17, 15) is 14.7 Å². The molecule has 8 heteroatoms. The van der Waals surface area contributed by atoms with E-state index >= 15 is 4.79 Å². The third kappa shape index (κ3) is 4.90. The van der Waals surface area contributed by atoms with Crippen LogP contribution in [0.1, 0.15) is 55.3 Å². The molecule has 3 aliphatic rings. The summed E-state index contributed by atoms with van der Waals surface area (Å²) in [5, 5.41) is 10.8.